The molecule has 9 nitrogen and oxygen atoms in total. The Bertz CT molecular complexity index is 1410. The van der Waals surface area contributed by atoms with Crippen molar-refractivity contribution in [2.24, 2.45) is 0 Å². The zero-order chi connectivity index (χ0) is 25.9. The molecule has 194 valence electrons. The summed E-state index contributed by atoms with van der Waals surface area (Å²) in [6.07, 6.45) is 4.47. The average Bonchev–Trinajstić information content (AvgIpc) is 3.53. The summed E-state index contributed by atoms with van der Waals surface area (Å²) in [5.74, 6) is 0.755. The molecule has 0 aliphatic carbocycles. The smallest absolute Gasteiger partial charge is 0.317 e. The van der Waals surface area contributed by atoms with E-state index in [1.54, 1.807) is 17.7 Å². The fourth-order valence-electron chi connectivity index (χ4n) is 4.90. The van der Waals surface area contributed by atoms with Gasteiger partial charge in [0.1, 0.15) is 17.8 Å². The van der Waals surface area contributed by atoms with Gasteiger partial charge in [-0.15, -0.1) is 11.3 Å². The third-order valence-corrected chi connectivity index (χ3v) is 7.63. The first-order chi connectivity index (χ1) is 17.9. The summed E-state index contributed by atoms with van der Waals surface area (Å²) in [6.45, 7) is 11.5. The Balaban J connectivity index is 1.23. The number of thiazole rings is 1. The van der Waals surface area contributed by atoms with E-state index in [0.717, 1.165) is 51.4 Å². The first kappa shape index (κ1) is 25.2. The molecule has 1 aromatic carbocycles. The Labute approximate surface area is 221 Å². The third-order valence-electron chi connectivity index (χ3n) is 6.83. The lowest BCUT2D eigenvalue weighted by Crippen LogP contribution is -2.46. The van der Waals surface area contributed by atoms with Gasteiger partial charge in [0.2, 0.25) is 0 Å². The lowest BCUT2D eigenvalue weighted by molar-refractivity contribution is 0.170. The highest BCUT2D eigenvalue weighted by Gasteiger charge is 2.20. The molecule has 3 N–H and O–H groups in total. The number of nitrogens with zero attached hydrogens (tertiary/aromatic N) is 5. The Morgan fingerprint density at radius 2 is 2.00 bits per heavy atom. The van der Waals surface area contributed by atoms with Gasteiger partial charge in [-0.3, -0.25) is 4.90 Å². The van der Waals surface area contributed by atoms with Crippen LogP contribution in [0.4, 0.5) is 16.3 Å². The molecule has 2 amide bonds. The maximum atomic E-state index is 12.7. The Morgan fingerprint density at radius 3 is 2.76 bits per heavy atom. The van der Waals surface area contributed by atoms with Crippen LogP contribution in [0.3, 0.4) is 0 Å². The van der Waals surface area contributed by atoms with Crippen LogP contribution in [-0.2, 0) is 0 Å². The Morgan fingerprint density at radius 1 is 1.16 bits per heavy atom. The molecule has 0 atom stereocenters. The van der Waals surface area contributed by atoms with Crippen LogP contribution in [0.15, 0.2) is 42.2 Å². The van der Waals surface area contributed by atoms with Crippen LogP contribution in [0.1, 0.15) is 39.8 Å². The van der Waals surface area contributed by atoms with E-state index in [1.165, 1.54) is 5.57 Å². The third kappa shape index (κ3) is 5.60. The maximum Gasteiger partial charge on any atom is 0.317 e. The molecule has 0 radical (unpaired) electrons. The van der Waals surface area contributed by atoms with E-state index in [4.69, 9.17) is 0 Å². The number of anilines is 2. The number of carbonyl (C=O) groups is 1. The van der Waals surface area contributed by atoms with Gasteiger partial charge in [0.25, 0.3) is 0 Å². The highest BCUT2D eigenvalue weighted by Crippen LogP contribution is 2.30. The number of aromatic amines is 1. The van der Waals surface area contributed by atoms with Crippen molar-refractivity contribution in [1.82, 2.24) is 35.1 Å². The van der Waals surface area contributed by atoms with Gasteiger partial charge in [0, 0.05) is 49.6 Å². The summed E-state index contributed by atoms with van der Waals surface area (Å²) in [7, 11) is 0. The van der Waals surface area contributed by atoms with E-state index in [0.29, 0.717) is 31.7 Å². The summed E-state index contributed by atoms with van der Waals surface area (Å²) in [6, 6.07) is 9.10. The number of carbonyl (C=O) groups excluding carboxylic acids is 1. The van der Waals surface area contributed by atoms with Gasteiger partial charge >= 0.3 is 6.03 Å². The van der Waals surface area contributed by atoms with Crippen LogP contribution in [0.2, 0.25) is 0 Å². The molecular weight excluding hydrogens is 484 g/mol. The quantitative estimate of drug-likeness (QED) is 0.295. The summed E-state index contributed by atoms with van der Waals surface area (Å²) in [4.78, 5) is 33.7. The molecule has 0 unspecified atom stereocenters. The van der Waals surface area contributed by atoms with Gasteiger partial charge < -0.3 is 20.5 Å². The number of nitrogens with one attached hydrogen (secondary N) is 3. The van der Waals surface area contributed by atoms with Gasteiger partial charge in [-0.05, 0) is 64.0 Å². The van der Waals surface area contributed by atoms with E-state index in [2.05, 4.69) is 81.4 Å². The van der Waals surface area contributed by atoms with Crippen molar-refractivity contribution >= 4 is 55.7 Å². The standard InChI is InChI=1S/C27H34N8OS/c1-17(2)35(18(3)4)12-9-28-27(36)34-10-7-19(8-11-34)23-14-21-25(29-15-30-26(21)33-23)32-20-5-6-22-24(13-20)37-16-31-22/h5-7,13-18H,8-12H2,1-4H3,(H,28,36)(H2,29,30,32,33). The van der Waals surface area contributed by atoms with E-state index in [-0.39, 0.29) is 6.03 Å². The molecular formula is C27H34N8OS. The molecule has 0 fully saturated rings. The topological polar surface area (TPSA) is 102 Å². The number of benzene rings is 1. The molecule has 4 heterocycles. The lowest BCUT2D eigenvalue weighted by atomic mass is 10.1. The van der Waals surface area contributed by atoms with Crippen LogP contribution in [-0.4, -0.2) is 74.0 Å². The van der Waals surface area contributed by atoms with E-state index < -0.39 is 0 Å². The second kappa shape index (κ2) is 10.9. The van der Waals surface area contributed by atoms with Crippen LogP contribution < -0.4 is 10.6 Å². The Hall–Kier alpha value is -3.50. The van der Waals surface area contributed by atoms with Gasteiger partial charge in [0.05, 0.1) is 21.1 Å². The summed E-state index contributed by atoms with van der Waals surface area (Å²) in [5.41, 5.74) is 6.79. The maximum absolute atomic E-state index is 12.7. The van der Waals surface area contributed by atoms with Gasteiger partial charge in [-0.25, -0.2) is 19.7 Å². The van der Waals surface area contributed by atoms with Crippen LogP contribution in [0, 0.1) is 0 Å². The molecule has 1 aliphatic rings. The fourth-order valence-corrected chi connectivity index (χ4v) is 5.61. The number of hydrogen-bond donors (Lipinski definition) is 3. The largest absolute Gasteiger partial charge is 0.340 e. The van der Waals surface area contributed by atoms with Crippen LogP contribution >= 0.6 is 11.3 Å². The molecule has 0 spiro atoms. The number of hydrogen-bond acceptors (Lipinski definition) is 7. The van der Waals surface area contributed by atoms with Crippen molar-refractivity contribution in [2.45, 2.75) is 46.2 Å². The SMILES string of the molecule is CC(C)N(CCNC(=O)N1CC=C(c2cc3c(Nc4ccc5ncsc5c4)ncnc3[nH]2)CC1)C(C)C. The predicted molar refractivity (Wildman–Crippen MR) is 151 cm³/mol. The van der Waals surface area contributed by atoms with Crippen LogP contribution in [0.25, 0.3) is 26.8 Å². The summed E-state index contributed by atoms with van der Waals surface area (Å²) >= 11 is 1.62. The first-order valence-corrected chi connectivity index (χ1v) is 13.7. The van der Waals surface area contributed by atoms with Gasteiger partial charge in [-0.2, -0.15) is 0 Å². The number of rotatable bonds is 8. The molecule has 0 saturated carbocycles. The lowest BCUT2D eigenvalue weighted by Gasteiger charge is -2.31. The number of urea groups is 1. The second-order valence-corrected chi connectivity index (χ2v) is 10.8. The van der Waals surface area contributed by atoms with Crippen molar-refractivity contribution in [1.29, 1.82) is 0 Å². The zero-order valence-corrected chi connectivity index (χ0v) is 22.6. The number of fused-ring (bicyclic) bond motifs is 2. The van der Waals surface area contributed by atoms with Crippen molar-refractivity contribution in [2.75, 3.05) is 31.5 Å². The highest BCUT2D eigenvalue weighted by atomic mass is 32.1. The minimum absolute atomic E-state index is 0.00493. The van der Waals surface area contributed by atoms with E-state index >= 15 is 0 Å². The normalized spacial score (nSPS) is 14.2. The molecule has 0 bridgehead atoms. The van der Waals surface area contributed by atoms with Crippen molar-refractivity contribution < 1.29 is 4.79 Å². The molecule has 1 aliphatic heterocycles. The van der Waals surface area contributed by atoms with Crippen LogP contribution in [0.5, 0.6) is 0 Å². The summed E-state index contributed by atoms with van der Waals surface area (Å²) in [5, 5.41) is 7.45. The monoisotopic (exact) mass is 518 g/mol. The second-order valence-electron chi connectivity index (χ2n) is 9.91. The molecule has 37 heavy (non-hydrogen) atoms. The Kier molecular flexibility index (Phi) is 7.38. The molecule has 4 aromatic rings. The minimum atomic E-state index is -0.00493. The van der Waals surface area contributed by atoms with Gasteiger partial charge in [0.15, 0.2) is 0 Å². The summed E-state index contributed by atoms with van der Waals surface area (Å²) < 4.78 is 1.13. The fraction of sp³-hybridized carbons (Fsp3) is 0.407. The molecule has 5 rings (SSSR count). The number of aromatic nitrogens is 4. The van der Waals surface area contributed by atoms with Crippen molar-refractivity contribution in [3.8, 4) is 0 Å². The minimum Gasteiger partial charge on any atom is -0.340 e. The highest BCUT2D eigenvalue weighted by molar-refractivity contribution is 7.16. The van der Waals surface area contributed by atoms with Gasteiger partial charge in [-0.1, -0.05) is 6.08 Å². The van der Waals surface area contributed by atoms with Crippen molar-refractivity contribution in [3.63, 3.8) is 0 Å². The number of amides is 2. The first-order valence-electron chi connectivity index (χ1n) is 12.8. The number of H-pyrrole nitrogens is 1. The van der Waals surface area contributed by atoms with Crippen molar-refractivity contribution in [3.05, 3.63) is 47.9 Å². The molecule has 10 heteroatoms. The average molecular weight is 519 g/mol. The zero-order valence-electron chi connectivity index (χ0n) is 21.8. The predicted octanol–water partition coefficient (Wildman–Crippen LogP) is 5.23. The van der Waals surface area contributed by atoms with E-state index in [1.807, 2.05) is 22.5 Å². The molecule has 0 saturated heterocycles. The molecule has 3 aromatic heterocycles. The van der Waals surface area contributed by atoms with E-state index in [9.17, 15) is 4.79 Å².